The minimum absolute atomic E-state index is 0.0691. The van der Waals surface area contributed by atoms with Gasteiger partial charge in [0.1, 0.15) is 0 Å². The van der Waals surface area contributed by atoms with Crippen LogP contribution in [0.3, 0.4) is 0 Å². The molecule has 1 heterocycles. The maximum Gasteiger partial charge on any atom is 0.218 e. The van der Waals surface area contributed by atoms with Crippen LogP contribution in [0.4, 0.5) is 0 Å². The van der Waals surface area contributed by atoms with E-state index in [1.165, 1.54) is 0 Å². The third-order valence-electron chi connectivity index (χ3n) is 3.31. The number of benzene rings is 1. The molecule has 0 N–H and O–H groups in total. The molecule has 1 aliphatic rings. The Morgan fingerprint density at radius 1 is 1.15 bits per heavy atom. The van der Waals surface area contributed by atoms with Crippen LogP contribution in [0, 0.1) is 0 Å². The van der Waals surface area contributed by atoms with Gasteiger partial charge in [0.15, 0.2) is 0 Å². The van der Waals surface area contributed by atoms with Crippen LogP contribution >= 0.6 is 23.4 Å². The van der Waals surface area contributed by atoms with E-state index in [-0.39, 0.29) is 5.75 Å². The van der Waals surface area contributed by atoms with Gasteiger partial charge in [0, 0.05) is 29.5 Å². The molecule has 3 nitrogen and oxygen atoms in total. The topological polar surface area (TPSA) is 37.4 Å². The van der Waals surface area contributed by atoms with E-state index in [2.05, 4.69) is 13.8 Å². The lowest BCUT2D eigenvalue weighted by atomic mass is 10.2. The molecule has 0 radical (unpaired) electrons. The molecule has 1 saturated heterocycles. The minimum Gasteiger partial charge on any atom is -0.212 e. The van der Waals surface area contributed by atoms with E-state index >= 15 is 0 Å². The van der Waals surface area contributed by atoms with Crippen LogP contribution in [0.5, 0.6) is 0 Å². The average Bonchev–Trinajstić information content (AvgIpc) is 2.38. The summed E-state index contributed by atoms with van der Waals surface area (Å²) in [6.07, 6.45) is 0. The van der Waals surface area contributed by atoms with E-state index in [4.69, 9.17) is 11.6 Å². The predicted molar refractivity (Wildman–Crippen MR) is 86.7 cm³/mol. The molecule has 20 heavy (non-hydrogen) atoms. The van der Waals surface area contributed by atoms with Crippen molar-refractivity contribution >= 4 is 33.4 Å². The number of alkyl halides is 1. The molecule has 1 aromatic rings. The quantitative estimate of drug-likeness (QED) is 0.795. The van der Waals surface area contributed by atoms with Gasteiger partial charge in [-0.15, -0.1) is 11.6 Å². The smallest absolute Gasteiger partial charge is 0.212 e. The summed E-state index contributed by atoms with van der Waals surface area (Å²) >= 11 is 7.59. The van der Waals surface area contributed by atoms with Gasteiger partial charge in [-0.3, -0.25) is 0 Å². The van der Waals surface area contributed by atoms with Crippen LogP contribution in [0.1, 0.15) is 25.0 Å². The van der Waals surface area contributed by atoms with Gasteiger partial charge in [-0.2, -0.15) is 16.1 Å². The molecular weight excluding hydrogens is 314 g/mol. The van der Waals surface area contributed by atoms with Crippen LogP contribution in [-0.4, -0.2) is 36.3 Å². The van der Waals surface area contributed by atoms with Crippen LogP contribution in [0.2, 0.25) is 0 Å². The molecule has 0 saturated carbocycles. The molecule has 0 aliphatic carbocycles. The maximum absolute atomic E-state index is 12.5. The summed E-state index contributed by atoms with van der Waals surface area (Å²) in [6, 6.07) is 7.46. The van der Waals surface area contributed by atoms with Crippen molar-refractivity contribution in [2.45, 2.75) is 36.0 Å². The first kappa shape index (κ1) is 16.1. The highest BCUT2D eigenvalue weighted by Gasteiger charge is 2.30. The van der Waals surface area contributed by atoms with Crippen LogP contribution < -0.4 is 0 Å². The van der Waals surface area contributed by atoms with Gasteiger partial charge in [0.2, 0.25) is 10.0 Å². The second-order valence-corrected chi connectivity index (χ2v) is 9.40. The number of nitrogens with zero attached hydrogens (tertiary/aromatic N) is 1. The number of sulfonamides is 1. The first-order valence-electron chi connectivity index (χ1n) is 6.68. The van der Waals surface area contributed by atoms with Crippen molar-refractivity contribution in [2.24, 2.45) is 0 Å². The standard InChI is InChI=1S/C14H20ClNO2S2/c1-11-8-16(9-12(2)19-11)20(17,18)10-14-5-3-13(7-15)4-6-14/h3-6,11-12H,7-10H2,1-2H3. The summed E-state index contributed by atoms with van der Waals surface area (Å²) in [5, 5.41) is 0.708. The molecule has 0 amide bonds. The fourth-order valence-electron chi connectivity index (χ4n) is 2.38. The van der Waals surface area contributed by atoms with E-state index in [1.54, 1.807) is 4.31 Å². The molecule has 2 rings (SSSR count). The van der Waals surface area contributed by atoms with Crippen LogP contribution in [-0.2, 0) is 21.7 Å². The number of hydrogen-bond donors (Lipinski definition) is 0. The van der Waals surface area contributed by atoms with Gasteiger partial charge < -0.3 is 0 Å². The van der Waals surface area contributed by atoms with E-state index in [0.717, 1.165) is 11.1 Å². The normalized spacial score (nSPS) is 24.8. The van der Waals surface area contributed by atoms with Crippen molar-refractivity contribution in [1.29, 1.82) is 0 Å². The van der Waals surface area contributed by atoms with Gasteiger partial charge >= 0.3 is 0 Å². The van der Waals surface area contributed by atoms with E-state index in [9.17, 15) is 8.42 Å². The lowest BCUT2D eigenvalue weighted by Gasteiger charge is -2.33. The number of rotatable bonds is 4. The minimum atomic E-state index is -3.23. The number of halogens is 1. The fraction of sp³-hybridized carbons (Fsp3) is 0.571. The zero-order valence-corrected chi connectivity index (χ0v) is 14.1. The Morgan fingerprint density at radius 2 is 1.65 bits per heavy atom. The highest BCUT2D eigenvalue weighted by molar-refractivity contribution is 8.00. The molecule has 1 fully saturated rings. The Bertz CT molecular complexity index is 535. The summed E-state index contributed by atoms with van der Waals surface area (Å²) in [5.41, 5.74) is 1.82. The zero-order chi connectivity index (χ0) is 14.8. The maximum atomic E-state index is 12.5. The second kappa shape index (κ2) is 6.69. The SMILES string of the molecule is CC1CN(S(=O)(=O)Cc2ccc(CCl)cc2)CC(C)S1. The molecular formula is C14H20ClNO2S2. The van der Waals surface area contributed by atoms with Crippen molar-refractivity contribution in [3.8, 4) is 0 Å². The summed E-state index contributed by atoms with van der Waals surface area (Å²) in [7, 11) is -3.23. The monoisotopic (exact) mass is 333 g/mol. The van der Waals surface area contributed by atoms with Crippen LogP contribution in [0.15, 0.2) is 24.3 Å². The van der Waals surface area contributed by atoms with Crippen LogP contribution in [0.25, 0.3) is 0 Å². The van der Waals surface area contributed by atoms with E-state index in [0.29, 0.717) is 29.5 Å². The Morgan fingerprint density at radius 3 is 2.15 bits per heavy atom. The number of hydrogen-bond acceptors (Lipinski definition) is 3. The second-order valence-electron chi connectivity index (χ2n) is 5.28. The lowest BCUT2D eigenvalue weighted by molar-refractivity contribution is 0.404. The average molecular weight is 334 g/mol. The van der Waals surface area contributed by atoms with Gasteiger partial charge in [0.05, 0.1) is 5.75 Å². The van der Waals surface area contributed by atoms with E-state index < -0.39 is 10.0 Å². The summed E-state index contributed by atoms with van der Waals surface area (Å²) in [5.74, 6) is 0.519. The van der Waals surface area contributed by atoms with Crippen molar-refractivity contribution in [1.82, 2.24) is 4.31 Å². The first-order chi connectivity index (χ1) is 9.40. The van der Waals surface area contributed by atoms with Crippen molar-refractivity contribution in [3.63, 3.8) is 0 Å². The lowest BCUT2D eigenvalue weighted by Crippen LogP contribution is -2.44. The Labute approximate surface area is 130 Å². The molecule has 1 aliphatic heterocycles. The summed E-state index contributed by atoms with van der Waals surface area (Å²) in [4.78, 5) is 0. The zero-order valence-electron chi connectivity index (χ0n) is 11.8. The largest absolute Gasteiger partial charge is 0.218 e. The third kappa shape index (κ3) is 4.13. The van der Waals surface area contributed by atoms with Gasteiger partial charge in [-0.25, -0.2) is 8.42 Å². The molecule has 0 spiro atoms. The van der Waals surface area contributed by atoms with Crippen molar-refractivity contribution in [2.75, 3.05) is 13.1 Å². The Hall–Kier alpha value is -0.230. The van der Waals surface area contributed by atoms with Crippen molar-refractivity contribution in [3.05, 3.63) is 35.4 Å². The van der Waals surface area contributed by atoms with Gasteiger partial charge in [-0.1, -0.05) is 38.1 Å². The fourth-order valence-corrected chi connectivity index (χ4v) is 5.77. The molecule has 1 aromatic carbocycles. The Kier molecular flexibility index (Phi) is 5.40. The number of thioether (sulfide) groups is 1. The predicted octanol–water partition coefficient (Wildman–Crippen LogP) is 3.08. The molecule has 0 bridgehead atoms. The Balaban J connectivity index is 2.09. The summed E-state index contributed by atoms with van der Waals surface area (Å²) in [6.45, 7) is 5.38. The third-order valence-corrected chi connectivity index (χ3v) is 6.62. The molecule has 6 heteroatoms. The first-order valence-corrected chi connectivity index (χ1v) is 9.76. The molecule has 2 unspecified atom stereocenters. The summed E-state index contributed by atoms with van der Waals surface area (Å²) < 4.78 is 26.6. The van der Waals surface area contributed by atoms with Gasteiger partial charge in [-0.05, 0) is 11.1 Å². The van der Waals surface area contributed by atoms with Gasteiger partial charge in [0.25, 0.3) is 0 Å². The molecule has 0 aromatic heterocycles. The highest BCUT2D eigenvalue weighted by Crippen LogP contribution is 2.27. The molecule has 112 valence electrons. The van der Waals surface area contributed by atoms with E-state index in [1.807, 2.05) is 36.0 Å². The molecule has 2 atom stereocenters. The van der Waals surface area contributed by atoms with Crippen molar-refractivity contribution < 1.29 is 8.42 Å². The highest BCUT2D eigenvalue weighted by atomic mass is 35.5.